The molecule has 5 rings (SSSR count). The van der Waals surface area contributed by atoms with Crippen molar-refractivity contribution in [1.29, 1.82) is 0 Å². The van der Waals surface area contributed by atoms with Crippen LogP contribution in [0.2, 0.25) is 0 Å². The first-order chi connectivity index (χ1) is 10.7. The Bertz CT molecular complexity index is 523. The van der Waals surface area contributed by atoms with E-state index in [0.717, 1.165) is 29.4 Å². The second-order valence-corrected chi connectivity index (χ2v) is 7.74. The largest absolute Gasteiger partial charge is 0.376 e. The SMILES string of the molecule is Cc1ccc(NCC(=O)NC2C3CC4CC(C3)CC2C4)cc1. The van der Waals surface area contributed by atoms with Crippen LogP contribution in [0, 0.1) is 30.6 Å². The predicted octanol–water partition coefficient (Wildman–Crippen LogP) is 3.35. The maximum absolute atomic E-state index is 12.3. The molecule has 1 aromatic rings. The molecular formula is C19H26N2O. The first-order valence-corrected chi connectivity index (χ1v) is 8.77. The molecule has 118 valence electrons. The van der Waals surface area contributed by atoms with Gasteiger partial charge >= 0.3 is 0 Å². The third kappa shape index (κ3) is 2.73. The Morgan fingerprint density at radius 1 is 1.00 bits per heavy atom. The molecular weight excluding hydrogens is 272 g/mol. The summed E-state index contributed by atoms with van der Waals surface area (Å²) in [6.07, 6.45) is 6.86. The van der Waals surface area contributed by atoms with Crippen molar-refractivity contribution >= 4 is 11.6 Å². The first kappa shape index (κ1) is 14.1. The number of amides is 1. The molecule has 3 heteroatoms. The number of rotatable bonds is 4. The average molecular weight is 298 g/mol. The van der Waals surface area contributed by atoms with E-state index in [1.165, 1.54) is 37.7 Å². The van der Waals surface area contributed by atoms with Crippen molar-refractivity contribution in [3.05, 3.63) is 29.8 Å². The zero-order valence-electron chi connectivity index (χ0n) is 13.3. The Labute approximate surface area is 132 Å². The molecule has 1 aromatic carbocycles. The smallest absolute Gasteiger partial charge is 0.239 e. The van der Waals surface area contributed by atoms with Crippen molar-refractivity contribution in [2.24, 2.45) is 23.7 Å². The van der Waals surface area contributed by atoms with Crippen molar-refractivity contribution in [1.82, 2.24) is 5.32 Å². The summed E-state index contributed by atoms with van der Waals surface area (Å²) in [7, 11) is 0. The van der Waals surface area contributed by atoms with E-state index in [4.69, 9.17) is 0 Å². The highest BCUT2D eigenvalue weighted by molar-refractivity contribution is 5.81. The second kappa shape index (κ2) is 5.60. The van der Waals surface area contributed by atoms with Gasteiger partial charge in [0.25, 0.3) is 0 Å². The van der Waals surface area contributed by atoms with Gasteiger partial charge in [0.05, 0.1) is 6.54 Å². The minimum absolute atomic E-state index is 0.151. The number of hydrogen-bond donors (Lipinski definition) is 2. The first-order valence-electron chi connectivity index (χ1n) is 8.77. The molecule has 1 amide bonds. The van der Waals surface area contributed by atoms with Crippen molar-refractivity contribution in [2.75, 3.05) is 11.9 Å². The van der Waals surface area contributed by atoms with Crippen LogP contribution in [0.3, 0.4) is 0 Å². The maximum atomic E-state index is 12.3. The number of carbonyl (C=O) groups excluding carboxylic acids is 1. The van der Waals surface area contributed by atoms with Gasteiger partial charge < -0.3 is 10.6 Å². The van der Waals surface area contributed by atoms with Crippen LogP contribution in [-0.2, 0) is 4.79 Å². The van der Waals surface area contributed by atoms with Crippen LogP contribution in [0.4, 0.5) is 5.69 Å². The Morgan fingerprint density at radius 3 is 2.18 bits per heavy atom. The molecule has 0 aromatic heterocycles. The highest BCUT2D eigenvalue weighted by Crippen LogP contribution is 2.53. The number of aryl methyl sites for hydroxylation is 1. The van der Waals surface area contributed by atoms with Crippen LogP contribution < -0.4 is 10.6 Å². The molecule has 0 aliphatic heterocycles. The van der Waals surface area contributed by atoms with E-state index in [0.29, 0.717) is 12.6 Å². The van der Waals surface area contributed by atoms with E-state index in [9.17, 15) is 4.79 Å². The lowest BCUT2D eigenvalue weighted by molar-refractivity contribution is -0.123. The van der Waals surface area contributed by atoms with Crippen LogP contribution >= 0.6 is 0 Å². The van der Waals surface area contributed by atoms with Gasteiger partial charge in [-0.25, -0.2) is 0 Å². The fourth-order valence-corrected chi connectivity index (χ4v) is 5.25. The molecule has 3 nitrogen and oxygen atoms in total. The number of carbonyl (C=O) groups is 1. The molecule has 0 heterocycles. The summed E-state index contributed by atoms with van der Waals surface area (Å²) in [4.78, 5) is 12.3. The third-order valence-electron chi connectivity index (χ3n) is 6.06. The lowest BCUT2D eigenvalue weighted by atomic mass is 9.54. The molecule has 4 bridgehead atoms. The molecule has 0 atom stereocenters. The number of anilines is 1. The average Bonchev–Trinajstić information content (AvgIpc) is 2.50. The maximum Gasteiger partial charge on any atom is 0.239 e. The quantitative estimate of drug-likeness (QED) is 0.895. The van der Waals surface area contributed by atoms with Gasteiger partial charge in [0.2, 0.25) is 5.91 Å². The summed E-state index contributed by atoms with van der Waals surface area (Å²) < 4.78 is 0. The number of benzene rings is 1. The Morgan fingerprint density at radius 2 is 1.59 bits per heavy atom. The summed E-state index contributed by atoms with van der Waals surface area (Å²) in [6, 6.07) is 8.65. The molecule has 2 N–H and O–H groups in total. The lowest BCUT2D eigenvalue weighted by Gasteiger charge is -2.54. The summed E-state index contributed by atoms with van der Waals surface area (Å²) in [5, 5.41) is 6.57. The third-order valence-corrected chi connectivity index (χ3v) is 6.06. The van der Waals surface area contributed by atoms with Gasteiger partial charge in [-0.1, -0.05) is 17.7 Å². The predicted molar refractivity (Wildman–Crippen MR) is 88.6 cm³/mol. The lowest BCUT2D eigenvalue weighted by Crippen LogP contribution is -2.56. The van der Waals surface area contributed by atoms with Gasteiger partial charge in [-0.3, -0.25) is 4.79 Å². The van der Waals surface area contributed by atoms with Gasteiger partial charge in [0.1, 0.15) is 0 Å². The van der Waals surface area contributed by atoms with Crippen molar-refractivity contribution < 1.29 is 4.79 Å². The molecule has 22 heavy (non-hydrogen) atoms. The van der Waals surface area contributed by atoms with E-state index in [2.05, 4.69) is 29.7 Å². The van der Waals surface area contributed by atoms with Crippen molar-refractivity contribution in [3.63, 3.8) is 0 Å². The molecule has 0 saturated heterocycles. The summed E-state index contributed by atoms with van der Waals surface area (Å²) in [5.74, 6) is 3.57. The molecule has 0 spiro atoms. The Balaban J connectivity index is 1.31. The highest BCUT2D eigenvalue weighted by atomic mass is 16.2. The van der Waals surface area contributed by atoms with Gasteiger partial charge in [0.15, 0.2) is 0 Å². The van der Waals surface area contributed by atoms with Crippen molar-refractivity contribution in [3.8, 4) is 0 Å². The molecule has 0 unspecified atom stereocenters. The fraction of sp³-hybridized carbons (Fsp3) is 0.632. The molecule has 0 radical (unpaired) electrons. The number of hydrogen-bond acceptors (Lipinski definition) is 2. The summed E-state index contributed by atoms with van der Waals surface area (Å²) in [5.41, 5.74) is 2.26. The minimum Gasteiger partial charge on any atom is -0.376 e. The van der Waals surface area contributed by atoms with E-state index in [1.807, 2.05) is 12.1 Å². The summed E-state index contributed by atoms with van der Waals surface area (Å²) >= 11 is 0. The fourth-order valence-electron chi connectivity index (χ4n) is 5.25. The topological polar surface area (TPSA) is 41.1 Å². The van der Waals surface area contributed by atoms with Gasteiger partial charge in [-0.2, -0.15) is 0 Å². The Hall–Kier alpha value is -1.51. The van der Waals surface area contributed by atoms with Gasteiger partial charge in [-0.15, -0.1) is 0 Å². The number of nitrogens with one attached hydrogen (secondary N) is 2. The highest BCUT2D eigenvalue weighted by Gasteiger charge is 2.48. The molecule has 4 saturated carbocycles. The summed E-state index contributed by atoms with van der Waals surface area (Å²) in [6.45, 7) is 2.45. The van der Waals surface area contributed by atoms with E-state index >= 15 is 0 Å². The van der Waals surface area contributed by atoms with Crippen LogP contribution in [-0.4, -0.2) is 18.5 Å². The van der Waals surface area contributed by atoms with Gasteiger partial charge in [0, 0.05) is 11.7 Å². The Kier molecular flexibility index (Phi) is 3.59. The zero-order valence-corrected chi connectivity index (χ0v) is 13.3. The molecule has 4 aliphatic carbocycles. The normalized spacial score (nSPS) is 35.4. The molecule has 4 fully saturated rings. The van der Waals surface area contributed by atoms with Crippen molar-refractivity contribution in [2.45, 2.75) is 45.1 Å². The van der Waals surface area contributed by atoms with Crippen LogP contribution in [0.5, 0.6) is 0 Å². The second-order valence-electron chi connectivity index (χ2n) is 7.74. The van der Waals surface area contributed by atoms with Crippen LogP contribution in [0.15, 0.2) is 24.3 Å². The van der Waals surface area contributed by atoms with E-state index in [-0.39, 0.29) is 5.91 Å². The van der Waals surface area contributed by atoms with E-state index in [1.54, 1.807) is 0 Å². The molecule has 4 aliphatic rings. The van der Waals surface area contributed by atoms with Crippen LogP contribution in [0.25, 0.3) is 0 Å². The minimum atomic E-state index is 0.151. The van der Waals surface area contributed by atoms with Gasteiger partial charge in [-0.05, 0) is 74.8 Å². The van der Waals surface area contributed by atoms with Crippen LogP contribution in [0.1, 0.15) is 37.7 Å². The zero-order chi connectivity index (χ0) is 15.1. The van der Waals surface area contributed by atoms with E-state index < -0.39 is 0 Å². The standard InChI is InChI=1S/C19H26N2O/c1-12-2-4-17(5-3-12)20-11-18(22)21-19-15-7-13-6-14(9-15)10-16(19)8-13/h2-5,13-16,19-20H,6-11H2,1H3,(H,21,22). The monoisotopic (exact) mass is 298 g/mol.